The van der Waals surface area contributed by atoms with E-state index in [9.17, 15) is 14.4 Å². The minimum atomic E-state index is -0.785. The number of fused-ring (bicyclic) bond motifs is 1. The lowest BCUT2D eigenvalue weighted by Crippen LogP contribution is -2.24. The molecule has 9 nitrogen and oxygen atoms in total. The molecule has 33 heavy (non-hydrogen) atoms. The van der Waals surface area contributed by atoms with Gasteiger partial charge in [-0.25, -0.2) is 9.48 Å². The third-order valence-electron chi connectivity index (χ3n) is 5.22. The molecular formula is C24H24N4O5. The van der Waals surface area contributed by atoms with Crippen molar-refractivity contribution in [3.8, 4) is 11.1 Å². The van der Waals surface area contributed by atoms with E-state index in [0.29, 0.717) is 22.8 Å². The van der Waals surface area contributed by atoms with Crippen molar-refractivity contribution in [3.63, 3.8) is 0 Å². The maximum absolute atomic E-state index is 12.7. The van der Waals surface area contributed by atoms with Crippen LogP contribution in [0.5, 0.6) is 0 Å². The molecule has 0 radical (unpaired) electrons. The Bertz CT molecular complexity index is 1170. The van der Waals surface area contributed by atoms with Gasteiger partial charge in [0.2, 0.25) is 5.91 Å². The van der Waals surface area contributed by atoms with Crippen LogP contribution >= 0.6 is 0 Å². The van der Waals surface area contributed by atoms with Gasteiger partial charge in [-0.05, 0) is 36.8 Å². The zero-order chi connectivity index (χ0) is 23.4. The first kappa shape index (κ1) is 22.2. The Morgan fingerprint density at radius 1 is 1.12 bits per heavy atom. The minimum absolute atomic E-state index is 0.0964. The van der Waals surface area contributed by atoms with Crippen molar-refractivity contribution in [1.82, 2.24) is 9.78 Å². The zero-order valence-electron chi connectivity index (χ0n) is 18.3. The van der Waals surface area contributed by atoms with Crippen LogP contribution in [0.25, 0.3) is 11.1 Å². The van der Waals surface area contributed by atoms with Crippen LogP contribution in [0.3, 0.4) is 0 Å². The van der Waals surface area contributed by atoms with Gasteiger partial charge in [-0.3, -0.25) is 9.59 Å². The third-order valence-corrected chi connectivity index (χ3v) is 5.22. The van der Waals surface area contributed by atoms with Gasteiger partial charge < -0.3 is 20.1 Å². The van der Waals surface area contributed by atoms with Crippen LogP contribution in [0.15, 0.2) is 54.6 Å². The first-order valence-corrected chi connectivity index (χ1v) is 10.6. The summed E-state index contributed by atoms with van der Waals surface area (Å²) in [6.45, 7) is 2.29. The van der Waals surface area contributed by atoms with Crippen molar-refractivity contribution < 1.29 is 23.9 Å². The lowest BCUT2D eigenvalue weighted by atomic mass is 10.1. The fourth-order valence-corrected chi connectivity index (χ4v) is 3.75. The smallest absolute Gasteiger partial charge is 0.338 e. The Hall–Kier alpha value is -3.98. The summed E-state index contributed by atoms with van der Waals surface area (Å²) in [5.74, 6) is -0.525. The second-order valence-corrected chi connectivity index (χ2v) is 7.47. The van der Waals surface area contributed by atoms with Gasteiger partial charge in [-0.15, -0.1) is 0 Å². The number of ether oxygens (including phenoxy) is 2. The summed E-state index contributed by atoms with van der Waals surface area (Å²) in [6, 6.07) is 15.2. The maximum Gasteiger partial charge on any atom is 0.338 e. The van der Waals surface area contributed by atoms with Gasteiger partial charge in [0.15, 0.2) is 0 Å². The molecule has 170 valence electrons. The van der Waals surface area contributed by atoms with Crippen molar-refractivity contribution in [1.29, 1.82) is 0 Å². The topological polar surface area (TPSA) is 112 Å². The molecule has 1 aliphatic rings. The number of methoxy groups -OCH3 is 1. The molecule has 9 heteroatoms. The predicted molar refractivity (Wildman–Crippen MR) is 122 cm³/mol. The van der Waals surface area contributed by atoms with Crippen LogP contribution in [0.4, 0.5) is 11.5 Å². The van der Waals surface area contributed by atoms with E-state index < -0.39 is 12.0 Å². The molecule has 1 atom stereocenters. The average Bonchev–Trinajstić information content (AvgIpc) is 3.30. The quantitative estimate of drug-likeness (QED) is 0.511. The fraction of sp³-hybridized carbons (Fsp3) is 0.250. The molecule has 0 saturated carbocycles. The molecule has 4 rings (SSSR count). The monoisotopic (exact) mass is 448 g/mol. The van der Waals surface area contributed by atoms with Gasteiger partial charge in [0.05, 0.1) is 30.9 Å². The Kier molecular flexibility index (Phi) is 6.50. The number of aromatic nitrogens is 2. The van der Waals surface area contributed by atoms with E-state index in [2.05, 4.69) is 15.7 Å². The average molecular weight is 448 g/mol. The van der Waals surface area contributed by atoms with Crippen molar-refractivity contribution >= 4 is 29.3 Å². The molecule has 3 aromatic rings. The van der Waals surface area contributed by atoms with Crippen molar-refractivity contribution in [2.45, 2.75) is 26.0 Å². The normalized spacial score (nSPS) is 14.5. The van der Waals surface area contributed by atoms with Crippen LogP contribution in [-0.2, 0) is 25.7 Å². The molecule has 2 N–H and O–H groups in total. The lowest BCUT2D eigenvalue weighted by Gasteiger charge is -2.10. The highest BCUT2D eigenvalue weighted by Gasteiger charge is 2.37. The molecule has 0 spiro atoms. The first-order valence-electron chi connectivity index (χ1n) is 10.6. The number of carbonyl (C=O) groups excluding carboxylic acids is 3. The number of anilines is 2. The molecule has 0 aliphatic carbocycles. The van der Waals surface area contributed by atoms with E-state index in [4.69, 9.17) is 9.47 Å². The van der Waals surface area contributed by atoms with Gasteiger partial charge >= 0.3 is 5.97 Å². The van der Waals surface area contributed by atoms with E-state index in [1.807, 2.05) is 30.3 Å². The van der Waals surface area contributed by atoms with Crippen LogP contribution in [0.2, 0.25) is 0 Å². The molecule has 2 heterocycles. The molecule has 0 unspecified atom stereocenters. The molecule has 2 aromatic carbocycles. The summed E-state index contributed by atoms with van der Waals surface area (Å²) >= 11 is 0. The summed E-state index contributed by atoms with van der Waals surface area (Å²) in [5, 5.41) is 10.2. The van der Waals surface area contributed by atoms with E-state index in [1.165, 1.54) is 0 Å². The molecule has 0 saturated heterocycles. The first-order chi connectivity index (χ1) is 16.0. The summed E-state index contributed by atoms with van der Waals surface area (Å²) in [4.78, 5) is 37.1. The highest BCUT2D eigenvalue weighted by atomic mass is 16.5. The number of carbonyl (C=O) groups is 3. The Morgan fingerprint density at radius 3 is 2.52 bits per heavy atom. The van der Waals surface area contributed by atoms with Gasteiger partial charge in [-0.1, -0.05) is 30.3 Å². The number of esters is 1. The third kappa shape index (κ3) is 4.63. The Morgan fingerprint density at radius 2 is 1.85 bits per heavy atom. The van der Waals surface area contributed by atoms with E-state index >= 15 is 0 Å². The van der Waals surface area contributed by atoms with Crippen LogP contribution < -0.4 is 10.6 Å². The largest absolute Gasteiger partial charge is 0.462 e. The van der Waals surface area contributed by atoms with Crippen molar-refractivity contribution in [2.24, 2.45) is 0 Å². The molecule has 1 aromatic heterocycles. The summed E-state index contributed by atoms with van der Waals surface area (Å²) < 4.78 is 11.8. The van der Waals surface area contributed by atoms with Crippen molar-refractivity contribution in [2.75, 3.05) is 24.4 Å². The number of rotatable bonds is 8. The Labute approximate surface area is 190 Å². The van der Waals surface area contributed by atoms with E-state index in [0.717, 1.165) is 11.1 Å². The molecule has 0 fully saturated rings. The molecule has 0 bridgehead atoms. The number of benzene rings is 2. The van der Waals surface area contributed by atoms with Crippen LogP contribution in [0, 0.1) is 0 Å². The summed E-state index contributed by atoms with van der Waals surface area (Å²) in [6.07, 6.45) is -0.0964. The van der Waals surface area contributed by atoms with E-state index in [-0.39, 0.29) is 31.4 Å². The van der Waals surface area contributed by atoms with Crippen LogP contribution in [0.1, 0.15) is 35.4 Å². The van der Waals surface area contributed by atoms with Gasteiger partial charge in [0, 0.05) is 18.4 Å². The second kappa shape index (κ2) is 9.66. The van der Waals surface area contributed by atoms with E-state index in [1.54, 1.807) is 43.0 Å². The lowest BCUT2D eigenvalue weighted by molar-refractivity contribution is -0.123. The number of hydrogen-bond donors (Lipinski definition) is 2. The van der Waals surface area contributed by atoms with Crippen molar-refractivity contribution in [3.05, 3.63) is 65.9 Å². The van der Waals surface area contributed by atoms with Gasteiger partial charge in [0.1, 0.15) is 11.9 Å². The highest BCUT2D eigenvalue weighted by molar-refractivity contribution is 6.04. The highest BCUT2D eigenvalue weighted by Crippen LogP contribution is 2.38. The number of amides is 2. The summed E-state index contributed by atoms with van der Waals surface area (Å²) in [7, 11) is 1.58. The number of nitrogens with zero attached hydrogens (tertiary/aromatic N) is 2. The molecule has 2 amide bonds. The summed E-state index contributed by atoms with van der Waals surface area (Å²) in [5.41, 5.74) is 3.27. The molecular weight excluding hydrogens is 424 g/mol. The number of hydrogen-bond acceptors (Lipinski definition) is 6. The molecule has 1 aliphatic heterocycles. The van der Waals surface area contributed by atoms with Gasteiger partial charge in [-0.2, -0.15) is 5.10 Å². The SMILES string of the molecule is CCOC(=O)c1ccc(NC(=O)C[C@H]2C(=O)Nc3c(-c4ccccc4)c(COC)nn32)cc1. The standard InChI is InChI=1S/C24H24N4O5/c1-3-33-24(31)16-9-11-17(12-10-16)25-20(29)13-19-23(30)26-22-21(15-7-5-4-6-8-15)18(14-32-2)27-28(19)22/h4-12,19H,3,13-14H2,1-2H3,(H,25,29)(H,26,30)/t19-/m0/s1. The Balaban J connectivity index is 1.52. The fourth-order valence-electron chi connectivity index (χ4n) is 3.75. The van der Waals surface area contributed by atoms with Gasteiger partial charge in [0.25, 0.3) is 5.91 Å². The second-order valence-electron chi connectivity index (χ2n) is 7.47. The maximum atomic E-state index is 12.7. The zero-order valence-corrected chi connectivity index (χ0v) is 18.3. The predicted octanol–water partition coefficient (Wildman–Crippen LogP) is 3.40. The minimum Gasteiger partial charge on any atom is -0.462 e. The number of nitrogens with one attached hydrogen (secondary N) is 2. The van der Waals surface area contributed by atoms with Crippen LogP contribution in [-0.4, -0.2) is 41.3 Å².